The average Bonchev–Trinajstić information content (AvgIpc) is 2.59. The molecule has 2 aromatic rings. The van der Waals surface area contributed by atoms with Crippen LogP contribution >= 0.6 is 23.2 Å². The van der Waals surface area contributed by atoms with Crippen molar-refractivity contribution < 1.29 is 9.59 Å². The molecule has 132 valence electrons. The Balaban J connectivity index is 2.02. The lowest BCUT2D eigenvalue weighted by molar-refractivity contribution is -0.116. The highest BCUT2D eigenvalue weighted by Gasteiger charge is 2.13. The van der Waals surface area contributed by atoms with Gasteiger partial charge in [0.2, 0.25) is 5.91 Å². The van der Waals surface area contributed by atoms with E-state index in [0.29, 0.717) is 34.3 Å². The van der Waals surface area contributed by atoms with Crippen molar-refractivity contribution in [2.24, 2.45) is 0 Å². The summed E-state index contributed by atoms with van der Waals surface area (Å²) in [5.74, 6) is -0.404. The molecule has 0 saturated carbocycles. The van der Waals surface area contributed by atoms with E-state index >= 15 is 0 Å². The number of carbonyl (C=O) groups is 2. The van der Waals surface area contributed by atoms with Crippen LogP contribution in [0.25, 0.3) is 0 Å². The van der Waals surface area contributed by atoms with Crippen molar-refractivity contribution in [3.05, 3.63) is 63.6 Å². The zero-order valence-corrected chi connectivity index (χ0v) is 15.5. The van der Waals surface area contributed by atoms with E-state index in [0.717, 1.165) is 12.0 Å². The quantitative estimate of drug-likeness (QED) is 0.732. The number of para-hydroxylation sites is 1. The van der Waals surface area contributed by atoms with Gasteiger partial charge in [0.1, 0.15) is 0 Å². The lowest BCUT2D eigenvalue weighted by Crippen LogP contribution is -2.25. The van der Waals surface area contributed by atoms with E-state index < -0.39 is 0 Å². The fraction of sp³-hybridized carbons (Fsp3) is 0.263. The Morgan fingerprint density at radius 2 is 1.68 bits per heavy atom. The van der Waals surface area contributed by atoms with Crippen molar-refractivity contribution in [3.63, 3.8) is 0 Å². The van der Waals surface area contributed by atoms with E-state index in [9.17, 15) is 9.59 Å². The smallest absolute Gasteiger partial charge is 0.253 e. The predicted molar refractivity (Wildman–Crippen MR) is 102 cm³/mol. The van der Waals surface area contributed by atoms with Gasteiger partial charge in [-0.1, -0.05) is 48.3 Å². The number of carbonyl (C=O) groups excluding carboxylic acids is 2. The molecule has 0 saturated heterocycles. The molecule has 0 aliphatic heterocycles. The summed E-state index contributed by atoms with van der Waals surface area (Å²) in [6, 6.07) is 12.2. The highest BCUT2D eigenvalue weighted by atomic mass is 35.5. The van der Waals surface area contributed by atoms with Crippen LogP contribution in [-0.2, 0) is 11.2 Å². The summed E-state index contributed by atoms with van der Waals surface area (Å²) in [5, 5.41) is 6.68. The molecule has 2 N–H and O–H groups in total. The van der Waals surface area contributed by atoms with Crippen LogP contribution < -0.4 is 10.6 Å². The molecule has 0 heterocycles. The highest BCUT2D eigenvalue weighted by molar-refractivity contribution is 6.36. The van der Waals surface area contributed by atoms with Crippen molar-refractivity contribution >= 4 is 40.7 Å². The summed E-state index contributed by atoms with van der Waals surface area (Å²) >= 11 is 12.2. The molecular formula is C19H20Cl2N2O2. The van der Waals surface area contributed by atoms with Gasteiger partial charge in [-0.3, -0.25) is 9.59 Å². The van der Waals surface area contributed by atoms with Crippen molar-refractivity contribution in [2.75, 3.05) is 11.9 Å². The first-order valence-electron chi connectivity index (χ1n) is 8.13. The van der Waals surface area contributed by atoms with Gasteiger partial charge in [-0.05, 0) is 42.7 Å². The summed E-state index contributed by atoms with van der Waals surface area (Å²) < 4.78 is 0. The average molecular weight is 379 g/mol. The van der Waals surface area contributed by atoms with Gasteiger partial charge in [0.05, 0.1) is 11.3 Å². The SMILES string of the molecule is CCCNC(=O)c1ccccc1NC(=O)CCc1c(Cl)cccc1Cl. The molecule has 0 aliphatic carbocycles. The number of amides is 2. The summed E-state index contributed by atoms with van der Waals surface area (Å²) in [4.78, 5) is 24.4. The van der Waals surface area contributed by atoms with E-state index in [1.165, 1.54) is 0 Å². The fourth-order valence-corrected chi connectivity index (χ4v) is 2.93. The van der Waals surface area contributed by atoms with Crippen molar-refractivity contribution in [2.45, 2.75) is 26.2 Å². The van der Waals surface area contributed by atoms with Gasteiger partial charge in [-0.2, -0.15) is 0 Å². The normalized spacial score (nSPS) is 10.4. The summed E-state index contributed by atoms with van der Waals surface area (Å²) in [7, 11) is 0. The van der Waals surface area contributed by atoms with Gasteiger partial charge in [-0.25, -0.2) is 0 Å². The monoisotopic (exact) mass is 378 g/mol. The van der Waals surface area contributed by atoms with Crippen LogP contribution in [0, 0.1) is 0 Å². The first-order chi connectivity index (χ1) is 12.0. The van der Waals surface area contributed by atoms with Gasteiger partial charge in [-0.15, -0.1) is 0 Å². The molecule has 0 fully saturated rings. The first-order valence-corrected chi connectivity index (χ1v) is 8.88. The topological polar surface area (TPSA) is 58.2 Å². The zero-order chi connectivity index (χ0) is 18.2. The maximum atomic E-state index is 12.3. The molecule has 0 unspecified atom stereocenters. The number of hydrogen-bond donors (Lipinski definition) is 2. The van der Waals surface area contributed by atoms with E-state index in [1.807, 2.05) is 6.92 Å². The van der Waals surface area contributed by atoms with Crippen LogP contribution in [0.1, 0.15) is 35.7 Å². The number of halogens is 2. The first kappa shape index (κ1) is 19.3. The van der Waals surface area contributed by atoms with Gasteiger partial charge in [0, 0.05) is 23.0 Å². The standard InChI is InChI=1S/C19H20Cl2N2O2/c1-2-12-22-19(25)14-6-3-4-9-17(14)23-18(24)11-10-13-15(20)7-5-8-16(13)21/h3-9H,2,10-12H2,1H3,(H,22,25)(H,23,24). The van der Waals surface area contributed by atoms with E-state index in [4.69, 9.17) is 23.2 Å². The molecular weight excluding hydrogens is 359 g/mol. The van der Waals surface area contributed by atoms with E-state index in [-0.39, 0.29) is 18.2 Å². The third kappa shape index (κ3) is 5.48. The Kier molecular flexibility index (Phi) is 7.29. The Labute approximate surface area is 157 Å². The predicted octanol–water partition coefficient (Wildman–Crippen LogP) is 4.70. The van der Waals surface area contributed by atoms with E-state index in [1.54, 1.807) is 42.5 Å². The van der Waals surface area contributed by atoms with E-state index in [2.05, 4.69) is 10.6 Å². The lowest BCUT2D eigenvalue weighted by atomic mass is 10.1. The Morgan fingerprint density at radius 3 is 2.36 bits per heavy atom. The molecule has 2 rings (SSSR count). The highest BCUT2D eigenvalue weighted by Crippen LogP contribution is 2.25. The van der Waals surface area contributed by atoms with Crippen LogP contribution in [0.5, 0.6) is 0 Å². The van der Waals surface area contributed by atoms with Crippen molar-refractivity contribution in [1.82, 2.24) is 5.32 Å². The molecule has 0 aromatic heterocycles. The van der Waals surface area contributed by atoms with Crippen LogP contribution in [0.4, 0.5) is 5.69 Å². The second kappa shape index (κ2) is 9.44. The molecule has 2 amide bonds. The number of nitrogens with one attached hydrogen (secondary N) is 2. The third-order valence-electron chi connectivity index (χ3n) is 3.65. The van der Waals surface area contributed by atoms with Gasteiger partial charge < -0.3 is 10.6 Å². The minimum Gasteiger partial charge on any atom is -0.352 e. The molecule has 0 bridgehead atoms. The maximum absolute atomic E-state index is 12.3. The second-order valence-corrected chi connectivity index (χ2v) is 6.36. The number of anilines is 1. The minimum atomic E-state index is -0.202. The minimum absolute atomic E-state index is 0.202. The molecule has 0 radical (unpaired) electrons. The summed E-state index contributed by atoms with van der Waals surface area (Å²) in [5.41, 5.74) is 1.68. The zero-order valence-electron chi connectivity index (χ0n) is 13.9. The Morgan fingerprint density at radius 1 is 1.00 bits per heavy atom. The molecule has 25 heavy (non-hydrogen) atoms. The molecule has 2 aromatic carbocycles. The van der Waals surface area contributed by atoms with Gasteiger partial charge in [0.25, 0.3) is 5.91 Å². The molecule has 0 spiro atoms. The molecule has 0 aliphatic rings. The van der Waals surface area contributed by atoms with Crippen LogP contribution in [0.15, 0.2) is 42.5 Å². The van der Waals surface area contributed by atoms with Crippen molar-refractivity contribution in [3.8, 4) is 0 Å². The molecule has 4 nitrogen and oxygen atoms in total. The number of benzene rings is 2. The number of rotatable bonds is 7. The number of hydrogen-bond acceptors (Lipinski definition) is 2. The largest absolute Gasteiger partial charge is 0.352 e. The van der Waals surface area contributed by atoms with Crippen LogP contribution in [0.3, 0.4) is 0 Å². The third-order valence-corrected chi connectivity index (χ3v) is 4.35. The Hall–Kier alpha value is -2.04. The second-order valence-electron chi connectivity index (χ2n) is 5.55. The maximum Gasteiger partial charge on any atom is 0.253 e. The summed E-state index contributed by atoms with van der Waals surface area (Å²) in [6.07, 6.45) is 1.49. The van der Waals surface area contributed by atoms with Gasteiger partial charge >= 0.3 is 0 Å². The Bertz CT molecular complexity index is 743. The van der Waals surface area contributed by atoms with Crippen LogP contribution in [0.2, 0.25) is 10.0 Å². The fourth-order valence-electron chi connectivity index (χ4n) is 2.35. The van der Waals surface area contributed by atoms with Gasteiger partial charge in [0.15, 0.2) is 0 Å². The molecule has 0 atom stereocenters. The van der Waals surface area contributed by atoms with Crippen LogP contribution in [-0.4, -0.2) is 18.4 Å². The summed E-state index contributed by atoms with van der Waals surface area (Å²) in [6.45, 7) is 2.57. The lowest BCUT2D eigenvalue weighted by Gasteiger charge is -2.12. The molecule has 6 heteroatoms. The van der Waals surface area contributed by atoms with Crippen molar-refractivity contribution in [1.29, 1.82) is 0 Å².